The van der Waals surface area contributed by atoms with E-state index in [1.165, 1.54) is 6.07 Å². The first-order valence-corrected chi connectivity index (χ1v) is 6.36. The summed E-state index contributed by atoms with van der Waals surface area (Å²) in [4.78, 5) is 23.8. The van der Waals surface area contributed by atoms with Gasteiger partial charge in [-0.2, -0.15) is 0 Å². The van der Waals surface area contributed by atoms with Crippen LogP contribution in [0.1, 0.15) is 19.4 Å². The van der Waals surface area contributed by atoms with Crippen molar-refractivity contribution in [1.82, 2.24) is 10.2 Å². The molecule has 0 aliphatic rings. The number of rotatable bonds is 7. The van der Waals surface area contributed by atoms with Gasteiger partial charge in [0.25, 0.3) is 0 Å². The van der Waals surface area contributed by atoms with E-state index >= 15 is 0 Å². The topological polar surface area (TPSA) is 69.6 Å². The molecule has 1 aromatic carbocycles. The van der Waals surface area contributed by atoms with Crippen molar-refractivity contribution in [2.24, 2.45) is 0 Å². The van der Waals surface area contributed by atoms with Crippen LogP contribution < -0.4 is 5.32 Å². The van der Waals surface area contributed by atoms with Gasteiger partial charge in [0, 0.05) is 18.2 Å². The number of carboxylic acid groups (broad SMARTS) is 1. The quantitative estimate of drug-likeness (QED) is 0.802. The van der Waals surface area contributed by atoms with E-state index < -0.39 is 18.4 Å². The van der Waals surface area contributed by atoms with Gasteiger partial charge in [-0.25, -0.2) is 4.39 Å². The van der Waals surface area contributed by atoms with Gasteiger partial charge < -0.3 is 10.4 Å². The lowest BCUT2D eigenvalue weighted by Gasteiger charge is -2.25. The van der Waals surface area contributed by atoms with Crippen LogP contribution in [-0.4, -0.2) is 41.0 Å². The molecule has 0 atom stereocenters. The standard InChI is InChI=1S/C14H19FN2O3.ClH/c1-10(2)17(9-13(18)16-7-14(19)20)8-11-5-3-4-6-12(11)15;/h3-6,10H,7-9H2,1-2H3,(H,16,18)(H,19,20);1H. The van der Waals surface area contributed by atoms with Gasteiger partial charge >= 0.3 is 5.97 Å². The maximum absolute atomic E-state index is 13.6. The number of hydrogen-bond donors (Lipinski definition) is 2. The van der Waals surface area contributed by atoms with E-state index in [-0.39, 0.29) is 30.8 Å². The lowest BCUT2D eigenvalue weighted by Crippen LogP contribution is -2.41. The number of halogens is 2. The van der Waals surface area contributed by atoms with E-state index in [0.29, 0.717) is 12.1 Å². The summed E-state index contributed by atoms with van der Waals surface area (Å²) >= 11 is 0. The summed E-state index contributed by atoms with van der Waals surface area (Å²) in [6.45, 7) is 3.70. The average molecular weight is 319 g/mol. The fourth-order valence-electron chi connectivity index (χ4n) is 1.68. The Morgan fingerprint density at radius 3 is 2.48 bits per heavy atom. The summed E-state index contributed by atoms with van der Waals surface area (Å²) in [5.74, 6) is -1.80. The monoisotopic (exact) mass is 318 g/mol. The van der Waals surface area contributed by atoms with E-state index in [1.54, 1.807) is 23.1 Å². The lowest BCUT2D eigenvalue weighted by atomic mass is 10.1. The summed E-state index contributed by atoms with van der Waals surface area (Å²) in [5.41, 5.74) is 0.507. The van der Waals surface area contributed by atoms with Crippen LogP contribution in [0, 0.1) is 5.82 Å². The first kappa shape index (κ1) is 19.3. The van der Waals surface area contributed by atoms with Crippen molar-refractivity contribution in [3.8, 4) is 0 Å². The number of nitrogens with one attached hydrogen (secondary N) is 1. The van der Waals surface area contributed by atoms with Crippen LogP contribution in [0.5, 0.6) is 0 Å². The third-order valence-corrected chi connectivity index (χ3v) is 2.85. The van der Waals surface area contributed by atoms with Gasteiger partial charge in [0.2, 0.25) is 5.91 Å². The molecule has 5 nitrogen and oxygen atoms in total. The lowest BCUT2D eigenvalue weighted by molar-refractivity contribution is -0.138. The zero-order valence-corrected chi connectivity index (χ0v) is 12.8. The van der Waals surface area contributed by atoms with E-state index in [1.807, 2.05) is 13.8 Å². The van der Waals surface area contributed by atoms with Crippen LogP contribution in [0.15, 0.2) is 24.3 Å². The summed E-state index contributed by atoms with van der Waals surface area (Å²) in [6.07, 6.45) is 0. The maximum atomic E-state index is 13.6. The zero-order valence-electron chi connectivity index (χ0n) is 12.0. The van der Waals surface area contributed by atoms with Crippen molar-refractivity contribution < 1.29 is 19.1 Å². The van der Waals surface area contributed by atoms with E-state index in [2.05, 4.69) is 5.32 Å². The fourth-order valence-corrected chi connectivity index (χ4v) is 1.68. The van der Waals surface area contributed by atoms with Crippen LogP contribution in [0.25, 0.3) is 0 Å². The Balaban J connectivity index is 0.00000400. The number of carbonyl (C=O) groups is 2. The highest BCUT2D eigenvalue weighted by Crippen LogP contribution is 2.11. The first-order chi connectivity index (χ1) is 9.40. The molecular weight excluding hydrogens is 299 g/mol. The summed E-state index contributed by atoms with van der Waals surface area (Å²) in [5, 5.41) is 10.8. The highest BCUT2D eigenvalue weighted by Gasteiger charge is 2.16. The van der Waals surface area contributed by atoms with Gasteiger partial charge in [0.15, 0.2) is 0 Å². The van der Waals surface area contributed by atoms with Gasteiger partial charge in [0.05, 0.1) is 6.54 Å². The Hall–Kier alpha value is -1.66. The van der Waals surface area contributed by atoms with Crippen molar-refractivity contribution in [2.75, 3.05) is 13.1 Å². The Kier molecular flexibility index (Phi) is 8.57. The SMILES string of the molecule is CC(C)N(CC(=O)NCC(=O)O)Cc1ccccc1F.Cl. The predicted molar refractivity (Wildman–Crippen MR) is 79.8 cm³/mol. The Morgan fingerprint density at radius 2 is 1.95 bits per heavy atom. The van der Waals surface area contributed by atoms with Crippen LogP contribution >= 0.6 is 12.4 Å². The number of carbonyl (C=O) groups excluding carboxylic acids is 1. The second-order valence-electron chi connectivity index (χ2n) is 4.76. The number of amides is 1. The van der Waals surface area contributed by atoms with Gasteiger partial charge in [-0.1, -0.05) is 18.2 Å². The summed E-state index contributed by atoms with van der Waals surface area (Å²) in [6, 6.07) is 6.42. The molecule has 0 unspecified atom stereocenters. The fraction of sp³-hybridized carbons (Fsp3) is 0.429. The summed E-state index contributed by atoms with van der Waals surface area (Å²) < 4.78 is 13.6. The molecule has 2 N–H and O–H groups in total. The molecule has 0 radical (unpaired) electrons. The molecule has 1 amide bonds. The summed E-state index contributed by atoms with van der Waals surface area (Å²) in [7, 11) is 0. The molecule has 0 spiro atoms. The number of nitrogens with zero attached hydrogens (tertiary/aromatic N) is 1. The molecule has 1 rings (SSSR count). The Labute approximate surface area is 129 Å². The van der Waals surface area contributed by atoms with Gasteiger partial charge in [-0.05, 0) is 19.9 Å². The van der Waals surface area contributed by atoms with Gasteiger partial charge in [0.1, 0.15) is 12.4 Å². The predicted octanol–water partition coefficient (Wildman–Crippen LogP) is 1.66. The first-order valence-electron chi connectivity index (χ1n) is 6.36. The maximum Gasteiger partial charge on any atom is 0.322 e. The molecule has 0 bridgehead atoms. The second-order valence-corrected chi connectivity index (χ2v) is 4.76. The minimum absolute atomic E-state index is 0. The van der Waals surface area contributed by atoms with Gasteiger partial charge in [-0.15, -0.1) is 12.4 Å². The minimum Gasteiger partial charge on any atom is -0.480 e. The number of carboxylic acids is 1. The third kappa shape index (κ3) is 7.06. The molecule has 0 aliphatic carbocycles. The molecule has 0 aromatic heterocycles. The molecule has 7 heteroatoms. The van der Waals surface area contributed by atoms with E-state index in [9.17, 15) is 14.0 Å². The van der Waals surface area contributed by atoms with Crippen molar-refractivity contribution in [3.05, 3.63) is 35.6 Å². The van der Waals surface area contributed by atoms with Crippen LogP contribution in [0.4, 0.5) is 4.39 Å². The van der Waals surface area contributed by atoms with Crippen molar-refractivity contribution in [1.29, 1.82) is 0 Å². The molecule has 1 aromatic rings. The van der Waals surface area contributed by atoms with Crippen molar-refractivity contribution in [3.63, 3.8) is 0 Å². The number of benzene rings is 1. The largest absolute Gasteiger partial charge is 0.480 e. The van der Waals surface area contributed by atoms with E-state index in [4.69, 9.17) is 5.11 Å². The Morgan fingerprint density at radius 1 is 1.33 bits per heavy atom. The van der Waals surface area contributed by atoms with Crippen LogP contribution in [-0.2, 0) is 16.1 Å². The molecule has 0 heterocycles. The molecule has 0 aliphatic heterocycles. The Bertz CT molecular complexity index is 483. The molecule has 0 fully saturated rings. The highest BCUT2D eigenvalue weighted by atomic mass is 35.5. The number of hydrogen-bond acceptors (Lipinski definition) is 3. The molecule has 118 valence electrons. The highest BCUT2D eigenvalue weighted by molar-refractivity contribution is 5.85. The molecule has 0 saturated heterocycles. The van der Waals surface area contributed by atoms with Crippen molar-refractivity contribution in [2.45, 2.75) is 26.4 Å². The van der Waals surface area contributed by atoms with E-state index in [0.717, 1.165) is 0 Å². The zero-order chi connectivity index (χ0) is 15.1. The van der Waals surface area contributed by atoms with Crippen molar-refractivity contribution >= 4 is 24.3 Å². The molecular formula is C14H20ClFN2O3. The van der Waals surface area contributed by atoms with Crippen LogP contribution in [0.2, 0.25) is 0 Å². The third-order valence-electron chi connectivity index (χ3n) is 2.85. The average Bonchev–Trinajstić information content (AvgIpc) is 2.38. The minimum atomic E-state index is -1.09. The van der Waals surface area contributed by atoms with Gasteiger partial charge in [-0.3, -0.25) is 14.5 Å². The second kappa shape index (κ2) is 9.31. The number of aliphatic carboxylic acids is 1. The van der Waals surface area contributed by atoms with Crippen LogP contribution in [0.3, 0.4) is 0 Å². The smallest absolute Gasteiger partial charge is 0.322 e. The molecule has 21 heavy (non-hydrogen) atoms. The molecule has 0 saturated carbocycles. The normalized spacial score (nSPS) is 10.3.